The molecule has 0 atom stereocenters. The maximum atomic E-state index is 8.90. The minimum Gasteiger partial charge on any atom is -0.495 e. The van der Waals surface area contributed by atoms with Gasteiger partial charge in [-0.3, -0.25) is 0 Å². The molecule has 1 saturated heterocycles. The fourth-order valence-electron chi connectivity index (χ4n) is 1.97. The van der Waals surface area contributed by atoms with Crippen molar-refractivity contribution in [2.75, 3.05) is 20.3 Å². The molecular weight excluding hydrogens is 230 g/mol. The van der Waals surface area contributed by atoms with E-state index < -0.39 is 0 Å². The summed E-state index contributed by atoms with van der Waals surface area (Å²) in [6, 6.07) is 7.62. The van der Waals surface area contributed by atoms with E-state index in [2.05, 4.69) is 6.07 Å². The molecule has 1 aromatic carbocycles. The number of methoxy groups -OCH3 is 1. The van der Waals surface area contributed by atoms with E-state index >= 15 is 0 Å². The zero-order valence-electron chi connectivity index (χ0n) is 10.5. The van der Waals surface area contributed by atoms with Crippen molar-refractivity contribution in [1.82, 2.24) is 0 Å². The molecule has 96 valence electrons. The summed E-state index contributed by atoms with van der Waals surface area (Å²) in [5, 5.41) is 8.90. The zero-order valence-corrected chi connectivity index (χ0v) is 10.5. The van der Waals surface area contributed by atoms with E-state index in [1.54, 1.807) is 13.2 Å². The smallest absolute Gasteiger partial charge is 0.136 e. The third-order valence-electron chi connectivity index (χ3n) is 3.04. The fraction of sp³-hybridized carbons (Fsp3) is 0.500. The highest BCUT2D eigenvalue weighted by atomic mass is 16.5. The second kappa shape index (κ2) is 6.39. The van der Waals surface area contributed by atoms with Gasteiger partial charge in [-0.15, -0.1) is 0 Å². The maximum Gasteiger partial charge on any atom is 0.136 e. The van der Waals surface area contributed by atoms with Crippen LogP contribution in [0.25, 0.3) is 0 Å². The van der Waals surface area contributed by atoms with E-state index in [0.717, 1.165) is 31.6 Å². The van der Waals surface area contributed by atoms with Gasteiger partial charge in [0.25, 0.3) is 0 Å². The molecule has 0 saturated carbocycles. The van der Waals surface area contributed by atoms with Crippen molar-refractivity contribution in [3.63, 3.8) is 0 Å². The first-order chi connectivity index (χ1) is 8.83. The van der Waals surface area contributed by atoms with Crippen LogP contribution in [0.4, 0.5) is 0 Å². The van der Waals surface area contributed by atoms with Crippen LogP contribution in [0.3, 0.4) is 0 Å². The van der Waals surface area contributed by atoms with E-state index in [1.165, 1.54) is 0 Å². The van der Waals surface area contributed by atoms with Crippen molar-refractivity contribution in [2.45, 2.75) is 25.6 Å². The van der Waals surface area contributed by atoms with Crippen LogP contribution in [0.1, 0.15) is 24.0 Å². The first kappa shape index (κ1) is 12.9. The van der Waals surface area contributed by atoms with E-state index in [-0.39, 0.29) is 6.10 Å². The van der Waals surface area contributed by atoms with Crippen LogP contribution in [0, 0.1) is 11.3 Å². The molecule has 18 heavy (non-hydrogen) atoms. The van der Waals surface area contributed by atoms with Gasteiger partial charge in [-0.2, -0.15) is 5.26 Å². The molecule has 1 aliphatic heterocycles. The predicted octanol–water partition coefficient (Wildman–Crippen LogP) is 2.26. The Bertz CT molecular complexity index is 433. The second-order valence-electron chi connectivity index (χ2n) is 4.27. The third-order valence-corrected chi connectivity index (χ3v) is 3.04. The van der Waals surface area contributed by atoms with Gasteiger partial charge in [-0.25, -0.2) is 0 Å². The number of hydrogen-bond acceptors (Lipinski definition) is 4. The molecule has 0 radical (unpaired) electrons. The molecule has 2 rings (SSSR count). The molecule has 0 unspecified atom stereocenters. The standard InChI is InChI=1S/C14H17NO3/c1-16-14-8-11(2-3-12(14)9-15)10-18-13-4-6-17-7-5-13/h2-3,8,13H,4-7,10H2,1H3. The Morgan fingerprint density at radius 3 is 2.83 bits per heavy atom. The SMILES string of the molecule is COc1cc(COC2CCOCC2)ccc1C#N. The molecule has 0 N–H and O–H groups in total. The summed E-state index contributed by atoms with van der Waals surface area (Å²) in [6.45, 7) is 2.11. The van der Waals surface area contributed by atoms with Gasteiger partial charge in [-0.1, -0.05) is 6.07 Å². The van der Waals surface area contributed by atoms with Crippen molar-refractivity contribution in [1.29, 1.82) is 5.26 Å². The summed E-state index contributed by atoms with van der Waals surface area (Å²) in [5.74, 6) is 0.602. The van der Waals surface area contributed by atoms with Crippen LogP contribution in [0.5, 0.6) is 5.75 Å². The average Bonchev–Trinajstić information content (AvgIpc) is 2.45. The van der Waals surface area contributed by atoms with Crippen LogP contribution in [-0.2, 0) is 16.1 Å². The van der Waals surface area contributed by atoms with Gasteiger partial charge in [-0.05, 0) is 30.5 Å². The highest BCUT2D eigenvalue weighted by molar-refractivity contribution is 5.45. The van der Waals surface area contributed by atoms with E-state index in [1.807, 2.05) is 12.1 Å². The van der Waals surface area contributed by atoms with Crippen molar-refractivity contribution < 1.29 is 14.2 Å². The Hall–Kier alpha value is -1.57. The summed E-state index contributed by atoms with van der Waals surface area (Å²) in [5.41, 5.74) is 1.57. The highest BCUT2D eigenvalue weighted by Crippen LogP contribution is 2.21. The number of hydrogen-bond donors (Lipinski definition) is 0. The van der Waals surface area contributed by atoms with E-state index in [9.17, 15) is 0 Å². The fourth-order valence-corrected chi connectivity index (χ4v) is 1.97. The Morgan fingerprint density at radius 2 is 2.17 bits per heavy atom. The summed E-state index contributed by atoms with van der Waals surface area (Å²) >= 11 is 0. The normalized spacial score (nSPS) is 16.2. The molecule has 4 nitrogen and oxygen atoms in total. The molecule has 0 aliphatic carbocycles. The summed E-state index contributed by atoms with van der Waals surface area (Å²) in [6.07, 6.45) is 2.18. The van der Waals surface area contributed by atoms with Crippen LogP contribution < -0.4 is 4.74 Å². The van der Waals surface area contributed by atoms with Crippen molar-refractivity contribution in [2.24, 2.45) is 0 Å². The van der Waals surface area contributed by atoms with Gasteiger partial charge in [0.2, 0.25) is 0 Å². The number of benzene rings is 1. The summed E-state index contributed by atoms with van der Waals surface area (Å²) in [7, 11) is 1.57. The Kier molecular flexibility index (Phi) is 4.57. The van der Waals surface area contributed by atoms with Gasteiger partial charge >= 0.3 is 0 Å². The van der Waals surface area contributed by atoms with Gasteiger partial charge < -0.3 is 14.2 Å². The van der Waals surface area contributed by atoms with E-state index in [4.69, 9.17) is 19.5 Å². The minimum atomic E-state index is 0.278. The number of rotatable bonds is 4. The molecule has 1 fully saturated rings. The lowest BCUT2D eigenvalue weighted by molar-refractivity contribution is -0.0391. The lowest BCUT2D eigenvalue weighted by Crippen LogP contribution is -2.23. The van der Waals surface area contributed by atoms with Crippen LogP contribution in [0.15, 0.2) is 18.2 Å². The topological polar surface area (TPSA) is 51.5 Å². The monoisotopic (exact) mass is 247 g/mol. The van der Waals surface area contributed by atoms with Gasteiger partial charge in [0.05, 0.1) is 25.4 Å². The van der Waals surface area contributed by atoms with Crippen LogP contribution >= 0.6 is 0 Å². The third kappa shape index (κ3) is 3.22. The van der Waals surface area contributed by atoms with Crippen LogP contribution in [0.2, 0.25) is 0 Å². The van der Waals surface area contributed by atoms with E-state index in [0.29, 0.717) is 17.9 Å². The largest absolute Gasteiger partial charge is 0.495 e. The highest BCUT2D eigenvalue weighted by Gasteiger charge is 2.14. The second-order valence-corrected chi connectivity index (χ2v) is 4.27. The van der Waals surface area contributed by atoms with Crippen molar-refractivity contribution >= 4 is 0 Å². The average molecular weight is 247 g/mol. The van der Waals surface area contributed by atoms with Gasteiger partial charge in [0.1, 0.15) is 11.8 Å². The summed E-state index contributed by atoms with van der Waals surface area (Å²) < 4.78 is 16.3. The quantitative estimate of drug-likeness (QED) is 0.819. The Labute approximate surface area is 107 Å². The maximum absolute atomic E-state index is 8.90. The van der Waals surface area contributed by atoms with Gasteiger partial charge in [0.15, 0.2) is 0 Å². The zero-order chi connectivity index (χ0) is 12.8. The predicted molar refractivity (Wildman–Crippen MR) is 66.3 cm³/mol. The number of nitriles is 1. The van der Waals surface area contributed by atoms with Gasteiger partial charge in [0, 0.05) is 13.2 Å². The molecule has 0 amide bonds. The number of ether oxygens (including phenoxy) is 3. The molecule has 1 aliphatic rings. The minimum absolute atomic E-state index is 0.278. The van der Waals surface area contributed by atoms with Crippen molar-refractivity contribution in [3.8, 4) is 11.8 Å². The first-order valence-electron chi connectivity index (χ1n) is 6.10. The Morgan fingerprint density at radius 1 is 1.39 bits per heavy atom. The van der Waals surface area contributed by atoms with Crippen molar-refractivity contribution in [3.05, 3.63) is 29.3 Å². The lowest BCUT2D eigenvalue weighted by atomic mass is 10.1. The molecule has 1 aromatic rings. The molecule has 1 heterocycles. The molecule has 0 aromatic heterocycles. The molecular formula is C14H17NO3. The van der Waals surface area contributed by atoms with Crippen LogP contribution in [-0.4, -0.2) is 26.4 Å². The molecule has 4 heteroatoms. The number of nitrogens with zero attached hydrogens (tertiary/aromatic N) is 1. The summed E-state index contributed by atoms with van der Waals surface area (Å²) in [4.78, 5) is 0. The first-order valence-corrected chi connectivity index (χ1v) is 6.10. The molecule has 0 bridgehead atoms. The molecule has 0 spiro atoms. The Balaban J connectivity index is 1.95. The lowest BCUT2D eigenvalue weighted by Gasteiger charge is -2.22.